The molecule has 0 saturated heterocycles. The summed E-state index contributed by atoms with van der Waals surface area (Å²) in [5.74, 6) is -0.342. The highest BCUT2D eigenvalue weighted by molar-refractivity contribution is 8.02. The number of rotatable bonds is 10. The Morgan fingerprint density at radius 2 is 2.03 bits per heavy atom. The second-order valence-corrected chi connectivity index (χ2v) is 8.81. The van der Waals surface area contributed by atoms with E-state index in [9.17, 15) is 18.4 Å². The zero-order valence-electron chi connectivity index (χ0n) is 20.7. The van der Waals surface area contributed by atoms with Gasteiger partial charge in [-0.3, -0.25) is 9.59 Å². The number of carbonyl (C=O) groups is 2. The number of hydrogen-bond donors (Lipinski definition) is 1. The van der Waals surface area contributed by atoms with Crippen molar-refractivity contribution in [2.75, 3.05) is 32.7 Å². The van der Waals surface area contributed by atoms with Crippen molar-refractivity contribution < 1.29 is 27.8 Å². The van der Waals surface area contributed by atoms with E-state index in [1.165, 1.54) is 43.1 Å². The number of carbonyl (C=O) groups excluding carboxylic acids is 2. The molecule has 1 aromatic carbocycles. The number of pyridine rings is 1. The van der Waals surface area contributed by atoms with Crippen LogP contribution in [-0.2, 0) is 6.42 Å². The maximum Gasteiger partial charge on any atom is 0.251 e. The number of thioether (sulfide) groups is 1. The Kier molecular flexibility index (Phi) is 10.2. The van der Waals surface area contributed by atoms with Crippen molar-refractivity contribution in [1.29, 1.82) is 0 Å². The van der Waals surface area contributed by atoms with E-state index in [4.69, 9.17) is 9.47 Å². The van der Waals surface area contributed by atoms with E-state index < -0.39 is 12.6 Å². The summed E-state index contributed by atoms with van der Waals surface area (Å²) in [7, 11) is 1.41. The number of Topliss-reactive ketones (excluding diaryl/α,β-unsaturated/α-hetero) is 1. The fourth-order valence-electron chi connectivity index (χ4n) is 3.41. The summed E-state index contributed by atoms with van der Waals surface area (Å²) < 4.78 is 36.6. The van der Waals surface area contributed by atoms with Crippen LogP contribution in [0.15, 0.2) is 71.9 Å². The molecule has 9 heteroatoms. The average molecular weight is 527 g/mol. The van der Waals surface area contributed by atoms with Crippen LogP contribution in [0.2, 0.25) is 0 Å². The van der Waals surface area contributed by atoms with Gasteiger partial charge in [0, 0.05) is 16.9 Å². The van der Waals surface area contributed by atoms with E-state index in [1.807, 2.05) is 13.0 Å². The molecular formula is C28H28F2N2O4S. The molecule has 6 nitrogen and oxygen atoms in total. The molecule has 1 aliphatic heterocycles. The van der Waals surface area contributed by atoms with Crippen LogP contribution in [0, 0.1) is 0 Å². The van der Waals surface area contributed by atoms with Gasteiger partial charge in [0.05, 0.1) is 19.3 Å². The molecule has 2 aromatic rings. The molecule has 194 valence electrons. The van der Waals surface area contributed by atoms with E-state index in [-0.39, 0.29) is 47.5 Å². The van der Waals surface area contributed by atoms with Gasteiger partial charge in [-0.2, -0.15) is 0 Å². The van der Waals surface area contributed by atoms with Crippen LogP contribution < -0.4 is 14.8 Å². The highest BCUT2D eigenvalue weighted by atomic mass is 32.2. The van der Waals surface area contributed by atoms with Crippen LogP contribution in [0.3, 0.4) is 0 Å². The highest BCUT2D eigenvalue weighted by Crippen LogP contribution is 2.29. The van der Waals surface area contributed by atoms with Crippen molar-refractivity contribution in [2.45, 2.75) is 13.3 Å². The van der Waals surface area contributed by atoms with Gasteiger partial charge in [0.1, 0.15) is 24.8 Å². The van der Waals surface area contributed by atoms with Crippen LogP contribution in [0.4, 0.5) is 8.78 Å². The number of ether oxygens (including phenoxy) is 2. The number of nitrogens with zero attached hydrogens (tertiary/aromatic N) is 1. The first-order valence-corrected chi connectivity index (χ1v) is 12.6. The zero-order valence-corrected chi connectivity index (χ0v) is 21.5. The lowest BCUT2D eigenvalue weighted by Crippen LogP contribution is -2.30. The lowest BCUT2D eigenvalue weighted by atomic mass is 10.0. The van der Waals surface area contributed by atoms with Crippen molar-refractivity contribution in [1.82, 2.24) is 10.3 Å². The van der Waals surface area contributed by atoms with Crippen LogP contribution in [0.5, 0.6) is 11.5 Å². The van der Waals surface area contributed by atoms with Crippen molar-refractivity contribution in [3.05, 3.63) is 94.5 Å². The van der Waals surface area contributed by atoms with Gasteiger partial charge in [-0.15, -0.1) is 11.8 Å². The second-order valence-electron chi connectivity index (χ2n) is 7.95. The van der Waals surface area contributed by atoms with Crippen LogP contribution in [-0.4, -0.2) is 49.4 Å². The number of aromatic nitrogens is 1. The molecule has 1 aliphatic rings. The third-order valence-corrected chi connectivity index (χ3v) is 6.21. The number of benzene rings is 1. The predicted molar refractivity (Wildman–Crippen MR) is 143 cm³/mol. The summed E-state index contributed by atoms with van der Waals surface area (Å²) >= 11 is 1.28. The van der Waals surface area contributed by atoms with Gasteiger partial charge in [-0.1, -0.05) is 25.7 Å². The normalized spacial score (nSPS) is 15.8. The number of halogens is 2. The number of alkyl halides is 1. The Hall–Kier alpha value is -3.72. The summed E-state index contributed by atoms with van der Waals surface area (Å²) in [5.41, 5.74) is 3.23. The fraction of sp³-hybridized carbons (Fsp3) is 0.250. The molecular weight excluding hydrogens is 498 g/mol. The zero-order chi connectivity index (χ0) is 26.8. The van der Waals surface area contributed by atoms with Gasteiger partial charge in [-0.05, 0) is 59.4 Å². The van der Waals surface area contributed by atoms with E-state index >= 15 is 0 Å². The first-order valence-electron chi connectivity index (χ1n) is 11.6. The number of methoxy groups -OCH3 is 1. The Morgan fingerprint density at radius 3 is 2.76 bits per heavy atom. The molecule has 37 heavy (non-hydrogen) atoms. The molecule has 0 aliphatic carbocycles. The number of hydrogen-bond acceptors (Lipinski definition) is 6. The van der Waals surface area contributed by atoms with Gasteiger partial charge in [0.15, 0.2) is 17.3 Å². The van der Waals surface area contributed by atoms with E-state index in [1.54, 1.807) is 23.6 Å². The Balaban J connectivity index is 1.77. The summed E-state index contributed by atoms with van der Waals surface area (Å²) in [4.78, 5) is 30.2. The summed E-state index contributed by atoms with van der Waals surface area (Å²) in [6.45, 7) is 4.97. The molecule has 0 unspecified atom stereocenters. The minimum atomic E-state index is -0.654. The Bertz CT molecular complexity index is 1270. The largest absolute Gasteiger partial charge is 0.493 e. The van der Waals surface area contributed by atoms with Crippen LogP contribution in [0.1, 0.15) is 39.0 Å². The predicted octanol–water partition coefficient (Wildman–Crippen LogP) is 5.67. The molecule has 1 N–H and O–H groups in total. The number of amides is 1. The van der Waals surface area contributed by atoms with Gasteiger partial charge >= 0.3 is 0 Å². The number of ketones is 1. The quantitative estimate of drug-likeness (QED) is 0.402. The Morgan fingerprint density at radius 1 is 1.22 bits per heavy atom. The first kappa shape index (κ1) is 27.9. The van der Waals surface area contributed by atoms with E-state index in [0.717, 1.165) is 5.56 Å². The standard InChI is InChI=1S/C28H28F2N2O4S/c1-4-19-12-23(22-17-37-16-21(30)7-5-6-18(22)2)32-24(13-19)25(33)15-31-28(34)20-8-9-26(36-11-10-29)27(14-20)35-3/h5-9,12-14,17H,2,4,10-11,15-16H2,1,3H3,(H,31,34)/b6-5-,21-7+,22-17?. The van der Waals surface area contributed by atoms with Crippen molar-refractivity contribution in [2.24, 2.45) is 0 Å². The third-order valence-electron chi connectivity index (χ3n) is 5.37. The van der Waals surface area contributed by atoms with Crippen molar-refractivity contribution >= 4 is 29.0 Å². The van der Waals surface area contributed by atoms with Crippen molar-refractivity contribution in [3.8, 4) is 11.5 Å². The van der Waals surface area contributed by atoms with Gasteiger partial charge in [0.2, 0.25) is 0 Å². The maximum absolute atomic E-state index is 13.7. The fourth-order valence-corrected chi connectivity index (χ4v) is 4.19. The third kappa shape index (κ3) is 7.63. The molecule has 1 aromatic heterocycles. The molecule has 3 rings (SSSR count). The van der Waals surface area contributed by atoms with Crippen LogP contribution >= 0.6 is 11.8 Å². The highest BCUT2D eigenvalue weighted by Gasteiger charge is 2.17. The van der Waals surface area contributed by atoms with E-state index in [2.05, 4.69) is 16.9 Å². The lowest BCUT2D eigenvalue weighted by molar-refractivity contribution is 0.0902. The lowest BCUT2D eigenvalue weighted by Gasteiger charge is -2.12. The van der Waals surface area contributed by atoms with Gasteiger partial charge < -0.3 is 14.8 Å². The van der Waals surface area contributed by atoms with Gasteiger partial charge in [0.25, 0.3) is 5.91 Å². The molecule has 0 bridgehead atoms. The smallest absolute Gasteiger partial charge is 0.251 e. The maximum atomic E-state index is 13.7. The minimum absolute atomic E-state index is 0.130. The number of aryl methyl sites for hydroxylation is 1. The summed E-state index contributed by atoms with van der Waals surface area (Å²) in [6, 6.07) is 8.04. The second kappa shape index (κ2) is 13.5. The number of nitrogens with one attached hydrogen (secondary N) is 1. The molecule has 0 atom stereocenters. The minimum Gasteiger partial charge on any atom is -0.493 e. The molecule has 0 radical (unpaired) electrons. The van der Waals surface area contributed by atoms with Crippen molar-refractivity contribution in [3.63, 3.8) is 0 Å². The monoisotopic (exact) mass is 526 g/mol. The molecule has 1 amide bonds. The Labute approximate surface area is 219 Å². The van der Waals surface area contributed by atoms with Crippen LogP contribution in [0.25, 0.3) is 5.57 Å². The summed E-state index contributed by atoms with van der Waals surface area (Å²) in [6.07, 6.45) is 5.35. The topological polar surface area (TPSA) is 77.5 Å². The number of allylic oxidation sites excluding steroid dienone is 5. The molecule has 2 heterocycles. The first-order chi connectivity index (χ1) is 17.9. The molecule has 0 saturated carbocycles. The molecule has 0 spiro atoms. The average Bonchev–Trinajstić information content (AvgIpc) is 2.99. The van der Waals surface area contributed by atoms with Gasteiger partial charge in [-0.25, -0.2) is 13.8 Å². The summed E-state index contributed by atoms with van der Waals surface area (Å²) in [5, 5.41) is 4.40. The molecule has 0 fully saturated rings. The van der Waals surface area contributed by atoms with E-state index in [0.29, 0.717) is 29.0 Å². The SMILES string of the molecule is C=C1/C=C\C=C(\F)CSC=C1c1cc(CC)cc(C(=O)CNC(=O)c2ccc(OCCF)c(OC)c2)n1.